The van der Waals surface area contributed by atoms with Crippen LogP contribution in [0.15, 0.2) is 39.1 Å². The number of carboxylic acid groups (broad SMARTS) is 1. The van der Waals surface area contributed by atoms with E-state index in [1.165, 1.54) is 28.4 Å². The van der Waals surface area contributed by atoms with Gasteiger partial charge in [0.1, 0.15) is 16.5 Å². The molecule has 21 heavy (non-hydrogen) atoms. The summed E-state index contributed by atoms with van der Waals surface area (Å²) < 4.78 is 1.36. The molecule has 0 fully saturated rings. The van der Waals surface area contributed by atoms with Crippen LogP contribution in [-0.2, 0) is 0 Å². The molecule has 3 heterocycles. The van der Waals surface area contributed by atoms with Gasteiger partial charge in [0.2, 0.25) is 0 Å². The summed E-state index contributed by atoms with van der Waals surface area (Å²) in [6, 6.07) is 4.80. The first-order chi connectivity index (χ1) is 10.0. The fourth-order valence-corrected chi connectivity index (χ4v) is 2.72. The number of rotatable bonds is 3. The van der Waals surface area contributed by atoms with Crippen LogP contribution in [0.5, 0.6) is 0 Å². The molecule has 0 aliphatic heterocycles. The molecule has 0 bridgehead atoms. The van der Waals surface area contributed by atoms with Crippen LogP contribution < -0.4 is 5.69 Å². The molecule has 0 radical (unpaired) electrons. The third kappa shape index (κ3) is 2.50. The molecule has 0 spiro atoms. The quantitative estimate of drug-likeness (QED) is 0.693. The minimum absolute atomic E-state index is 0.0335. The van der Waals surface area contributed by atoms with E-state index in [1.54, 1.807) is 19.1 Å². The maximum absolute atomic E-state index is 11.5. The summed E-state index contributed by atoms with van der Waals surface area (Å²) in [4.78, 5) is 31.2. The van der Waals surface area contributed by atoms with Gasteiger partial charge in [-0.1, -0.05) is 11.8 Å². The monoisotopic (exact) mass is 303 g/mol. The molecule has 0 aliphatic rings. The van der Waals surface area contributed by atoms with Crippen molar-refractivity contribution >= 4 is 23.4 Å². The van der Waals surface area contributed by atoms with E-state index in [2.05, 4.69) is 20.2 Å². The highest BCUT2D eigenvalue weighted by atomic mass is 32.2. The number of carbonyl (C=O) groups is 1. The molecule has 0 aromatic carbocycles. The minimum Gasteiger partial charge on any atom is -0.477 e. The van der Waals surface area contributed by atoms with Gasteiger partial charge in [-0.15, -0.1) is 0 Å². The van der Waals surface area contributed by atoms with E-state index in [1.807, 2.05) is 0 Å². The third-order valence-corrected chi connectivity index (χ3v) is 3.63. The molecule has 0 aliphatic carbocycles. The molecule has 0 amide bonds. The highest BCUT2D eigenvalue weighted by Gasteiger charge is 2.10. The number of aromatic nitrogens is 5. The predicted octanol–water partition coefficient (Wildman–Crippen LogP) is 0.970. The van der Waals surface area contributed by atoms with Crippen molar-refractivity contribution in [2.75, 3.05) is 0 Å². The van der Waals surface area contributed by atoms with Gasteiger partial charge in [-0.05, 0) is 19.1 Å². The summed E-state index contributed by atoms with van der Waals surface area (Å²) in [5, 5.41) is 15.8. The van der Waals surface area contributed by atoms with Crippen LogP contribution in [0.4, 0.5) is 0 Å². The van der Waals surface area contributed by atoms with Gasteiger partial charge in [0, 0.05) is 17.2 Å². The number of hydrogen-bond acceptors (Lipinski definition) is 6. The Morgan fingerprint density at radius 1 is 1.43 bits per heavy atom. The summed E-state index contributed by atoms with van der Waals surface area (Å²) in [6.07, 6.45) is 1.43. The molecule has 0 saturated heterocycles. The fourth-order valence-electron chi connectivity index (χ4n) is 1.84. The standard InChI is InChI=1S/C12H9N5O3S/c1-6-14-10(5-9-15-16-12(20)17(6)9)21-7-2-3-13-8(4-7)11(18)19/h2-5H,1H3,(H,16,20)(H,18,19). The molecule has 3 aromatic heterocycles. The second-order valence-electron chi connectivity index (χ2n) is 4.15. The average molecular weight is 303 g/mol. The lowest BCUT2D eigenvalue weighted by molar-refractivity contribution is 0.0690. The third-order valence-electron chi connectivity index (χ3n) is 2.72. The molecule has 2 N–H and O–H groups in total. The smallest absolute Gasteiger partial charge is 0.354 e. The van der Waals surface area contributed by atoms with E-state index in [-0.39, 0.29) is 11.4 Å². The van der Waals surface area contributed by atoms with Crippen LogP contribution in [0, 0.1) is 6.92 Å². The molecule has 8 nitrogen and oxygen atoms in total. The Morgan fingerprint density at radius 3 is 3.00 bits per heavy atom. The Balaban J connectivity index is 2.00. The first kappa shape index (κ1) is 13.3. The summed E-state index contributed by atoms with van der Waals surface area (Å²) >= 11 is 1.27. The largest absolute Gasteiger partial charge is 0.477 e. The van der Waals surface area contributed by atoms with E-state index in [0.717, 1.165) is 0 Å². The van der Waals surface area contributed by atoms with Crippen molar-refractivity contribution in [2.45, 2.75) is 16.8 Å². The van der Waals surface area contributed by atoms with Gasteiger partial charge in [-0.2, -0.15) is 5.10 Å². The number of carboxylic acids is 1. The zero-order valence-corrected chi connectivity index (χ0v) is 11.6. The van der Waals surface area contributed by atoms with Crippen molar-refractivity contribution in [3.8, 4) is 0 Å². The van der Waals surface area contributed by atoms with Crippen molar-refractivity contribution in [3.05, 3.63) is 46.4 Å². The number of aromatic amines is 1. The van der Waals surface area contributed by atoms with Gasteiger partial charge in [0.15, 0.2) is 5.65 Å². The number of nitrogens with zero attached hydrogens (tertiary/aromatic N) is 4. The van der Waals surface area contributed by atoms with Gasteiger partial charge in [0.25, 0.3) is 0 Å². The van der Waals surface area contributed by atoms with Gasteiger partial charge in [-0.25, -0.2) is 29.1 Å². The maximum atomic E-state index is 11.5. The number of pyridine rings is 1. The van der Waals surface area contributed by atoms with Crippen molar-refractivity contribution < 1.29 is 9.90 Å². The SMILES string of the molecule is Cc1nc(Sc2ccnc(C(=O)O)c2)cc2n[nH]c(=O)n12. The molecular formula is C12H9N5O3S. The highest BCUT2D eigenvalue weighted by molar-refractivity contribution is 7.99. The summed E-state index contributed by atoms with van der Waals surface area (Å²) in [5.74, 6) is -0.586. The summed E-state index contributed by atoms with van der Waals surface area (Å²) in [7, 11) is 0. The zero-order chi connectivity index (χ0) is 15.0. The molecule has 106 valence electrons. The normalized spacial score (nSPS) is 10.9. The zero-order valence-electron chi connectivity index (χ0n) is 10.8. The highest BCUT2D eigenvalue weighted by Crippen LogP contribution is 2.26. The molecule has 9 heteroatoms. The van der Waals surface area contributed by atoms with Gasteiger partial charge in [0.05, 0.1) is 0 Å². The van der Waals surface area contributed by atoms with Crippen LogP contribution in [0.1, 0.15) is 16.3 Å². The lowest BCUT2D eigenvalue weighted by atomic mass is 10.3. The van der Waals surface area contributed by atoms with Gasteiger partial charge >= 0.3 is 11.7 Å². The molecule has 0 atom stereocenters. The molecule has 3 aromatic rings. The topological polar surface area (TPSA) is 113 Å². The van der Waals surface area contributed by atoms with Crippen LogP contribution in [0.3, 0.4) is 0 Å². The van der Waals surface area contributed by atoms with E-state index < -0.39 is 5.97 Å². The van der Waals surface area contributed by atoms with Crippen LogP contribution in [0.2, 0.25) is 0 Å². The maximum Gasteiger partial charge on any atom is 0.354 e. The Bertz CT molecular complexity index is 901. The summed E-state index contributed by atoms with van der Waals surface area (Å²) in [5.41, 5.74) is 0.0833. The van der Waals surface area contributed by atoms with Gasteiger partial charge < -0.3 is 5.11 Å². The lowest BCUT2D eigenvalue weighted by Crippen LogP contribution is -2.13. The van der Waals surface area contributed by atoms with Crippen LogP contribution in [0.25, 0.3) is 5.65 Å². The van der Waals surface area contributed by atoms with E-state index >= 15 is 0 Å². The summed E-state index contributed by atoms with van der Waals surface area (Å²) in [6.45, 7) is 1.70. The van der Waals surface area contributed by atoms with Crippen molar-refractivity contribution in [1.29, 1.82) is 0 Å². The fraction of sp³-hybridized carbons (Fsp3) is 0.0833. The predicted molar refractivity (Wildman–Crippen MR) is 73.7 cm³/mol. The Hall–Kier alpha value is -2.68. The number of nitrogens with one attached hydrogen (secondary N) is 1. The lowest BCUT2D eigenvalue weighted by Gasteiger charge is -2.04. The van der Waals surface area contributed by atoms with Crippen LogP contribution in [-0.4, -0.2) is 35.6 Å². The Kier molecular flexibility index (Phi) is 3.18. The minimum atomic E-state index is -1.09. The first-order valence-electron chi connectivity index (χ1n) is 5.86. The number of aryl methyl sites for hydroxylation is 1. The number of hydrogen-bond donors (Lipinski definition) is 2. The second-order valence-corrected chi connectivity index (χ2v) is 5.24. The van der Waals surface area contributed by atoms with Crippen molar-refractivity contribution in [1.82, 2.24) is 24.6 Å². The Labute approximate surface area is 121 Å². The average Bonchev–Trinajstić information content (AvgIpc) is 2.81. The molecule has 0 unspecified atom stereocenters. The molecule has 0 saturated carbocycles. The number of fused-ring (bicyclic) bond motifs is 1. The van der Waals surface area contributed by atoms with Crippen LogP contribution >= 0.6 is 11.8 Å². The van der Waals surface area contributed by atoms with E-state index in [0.29, 0.717) is 21.4 Å². The number of aromatic carboxylic acids is 1. The first-order valence-corrected chi connectivity index (χ1v) is 6.68. The number of H-pyrrole nitrogens is 1. The van der Waals surface area contributed by atoms with E-state index in [9.17, 15) is 9.59 Å². The molecule has 3 rings (SSSR count). The van der Waals surface area contributed by atoms with Gasteiger partial charge in [-0.3, -0.25) is 0 Å². The Morgan fingerprint density at radius 2 is 2.24 bits per heavy atom. The molecular weight excluding hydrogens is 294 g/mol. The van der Waals surface area contributed by atoms with Crippen molar-refractivity contribution in [3.63, 3.8) is 0 Å². The second kappa shape index (κ2) is 5.02. The van der Waals surface area contributed by atoms with Crippen molar-refractivity contribution in [2.24, 2.45) is 0 Å². The van der Waals surface area contributed by atoms with E-state index in [4.69, 9.17) is 5.11 Å².